The van der Waals surface area contributed by atoms with Crippen molar-refractivity contribution in [2.24, 2.45) is 0 Å². The fourth-order valence-corrected chi connectivity index (χ4v) is 3.05. The summed E-state index contributed by atoms with van der Waals surface area (Å²) in [5, 5.41) is 3.58. The maximum Gasteiger partial charge on any atom is 0.261 e. The second kappa shape index (κ2) is 11.0. The molecule has 0 aliphatic carbocycles. The molecule has 162 valence electrons. The van der Waals surface area contributed by atoms with Crippen molar-refractivity contribution in [3.8, 4) is 5.75 Å². The molecule has 0 radical (unpaired) electrons. The zero-order valence-corrected chi connectivity index (χ0v) is 19.1. The smallest absolute Gasteiger partial charge is 0.261 e. The molecule has 2 unspecified atom stereocenters. The fourth-order valence-electron chi connectivity index (χ4n) is 2.92. The number of nitrogens with one attached hydrogen (secondary N) is 1. The van der Waals surface area contributed by atoms with E-state index in [-0.39, 0.29) is 24.5 Å². The van der Waals surface area contributed by atoms with Crippen LogP contribution in [0.15, 0.2) is 42.5 Å². The Labute approximate surface area is 184 Å². The van der Waals surface area contributed by atoms with Crippen molar-refractivity contribution in [2.75, 3.05) is 6.61 Å². The summed E-state index contributed by atoms with van der Waals surface area (Å²) < 4.78 is 5.81. The number of carbonyl (C=O) groups is 2. The van der Waals surface area contributed by atoms with Crippen molar-refractivity contribution in [3.05, 3.63) is 64.2 Å². The third kappa shape index (κ3) is 6.77. The third-order valence-electron chi connectivity index (χ3n) is 5.13. The molecule has 0 saturated carbocycles. The first kappa shape index (κ1) is 23.7. The van der Waals surface area contributed by atoms with Crippen molar-refractivity contribution in [3.63, 3.8) is 0 Å². The van der Waals surface area contributed by atoms with E-state index in [1.54, 1.807) is 24.0 Å². The molecule has 0 aliphatic rings. The highest BCUT2D eigenvalue weighted by Gasteiger charge is 2.27. The first-order valence-corrected chi connectivity index (χ1v) is 10.6. The van der Waals surface area contributed by atoms with Crippen molar-refractivity contribution in [1.29, 1.82) is 0 Å². The number of carbonyl (C=O) groups excluding carboxylic acids is 2. The second-order valence-electron chi connectivity index (χ2n) is 7.70. The van der Waals surface area contributed by atoms with Gasteiger partial charge in [-0.2, -0.15) is 0 Å². The van der Waals surface area contributed by atoms with Gasteiger partial charge in [0.25, 0.3) is 5.91 Å². The SMILES string of the molecule is CCC(C)NC(=O)C(C)N(Cc1ccc(Cl)cc1)C(=O)COc1cc(C)ccc1C. The molecular formula is C24H31ClN2O3. The van der Waals surface area contributed by atoms with Crippen molar-refractivity contribution >= 4 is 23.4 Å². The molecule has 0 spiro atoms. The second-order valence-corrected chi connectivity index (χ2v) is 8.14. The number of hydrogen-bond donors (Lipinski definition) is 1. The molecular weight excluding hydrogens is 400 g/mol. The third-order valence-corrected chi connectivity index (χ3v) is 5.38. The van der Waals surface area contributed by atoms with Gasteiger partial charge in [0.15, 0.2) is 6.61 Å². The zero-order valence-electron chi connectivity index (χ0n) is 18.4. The summed E-state index contributed by atoms with van der Waals surface area (Å²) >= 11 is 5.98. The van der Waals surface area contributed by atoms with Gasteiger partial charge in [-0.05, 0) is 69.0 Å². The Morgan fingerprint density at radius 3 is 2.40 bits per heavy atom. The molecule has 0 aromatic heterocycles. The standard InChI is InChI=1S/C24H31ClN2O3/c1-6-18(4)26-24(29)19(5)27(14-20-9-11-21(25)12-10-20)23(28)15-30-22-13-16(2)7-8-17(22)3/h7-13,18-19H,6,14-15H2,1-5H3,(H,26,29). The van der Waals surface area contributed by atoms with Crippen LogP contribution < -0.4 is 10.1 Å². The highest BCUT2D eigenvalue weighted by Crippen LogP contribution is 2.20. The van der Waals surface area contributed by atoms with Crippen LogP contribution in [0, 0.1) is 13.8 Å². The highest BCUT2D eigenvalue weighted by molar-refractivity contribution is 6.30. The van der Waals surface area contributed by atoms with Gasteiger partial charge in [-0.1, -0.05) is 42.8 Å². The van der Waals surface area contributed by atoms with E-state index in [4.69, 9.17) is 16.3 Å². The Kier molecular flexibility index (Phi) is 8.72. The highest BCUT2D eigenvalue weighted by atomic mass is 35.5. The lowest BCUT2D eigenvalue weighted by atomic mass is 10.1. The molecule has 0 bridgehead atoms. The lowest BCUT2D eigenvalue weighted by Crippen LogP contribution is -2.50. The first-order chi connectivity index (χ1) is 14.2. The first-order valence-electron chi connectivity index (χ1n) is 10.3. The molecule has 5 nitrogen and oxygen atoms in total. The maximum absolute atomic E-state index is 13.1. The topological polar surface area (TPSA) is 58.6 Å². The Hall–Kier alpha value is -2.53. The fraction of sp³-hybridized carbons (Fsp3) is 0.417. The summed E-state index contributed by atoms with van der Waals surface area (Å²) in [7, 11) is 0. The quantitative estimate of drug-likeness (QED) is 0.629. The molecule has 0 fully saturated rings. The Bertz CT molecular complexity index is 867. The van der Waals surface area contributed by atoms with Crippen LogP contribution in [0.5, 0.6) is 5.75 Å². The van der Waals surface area contributed by atoms with E-state index in [2.05, 4.69) is 5.32 Å². The Morgan fingerprint density at radius 2 is 1.77 bits per heavy atom. The number of aryl methyl sites for hydroxylation is 2. The number of ether oxygens (including phenoxy) is 1. The molecule has 2 amide bonds. The van der Waals surface area contributed by atoms with Crippen LogP contribution in [0.25, 0.3) is 0 Å². The van der Waals surface area contributed by atoms with Crippen LogP contribution >= 0.6 is 11.6 Å². The number of hydrogen-bond acceptors (Lipinski definition) is 3. The van der Waals surface area contributed by atoms with Gasteiger partial charge in [-0.15, -0.1) is 0 Å². The van der Waals surface area contributed by atoms with Crippen molar-refractivity contribution in [2.45, 2.75) is 59.7 Å². The maximum atomic E-state index is 13.1. The van der Waals surface area contributed by atoms with Gasteiger partial charge in [0.1, 0.15) is 11.8 Å². The largest absolute Gasteiger partial charge is 0.483 e. The molecule has 2 atom stereocenters. The molecule has 0 heterocycles. The number of nitrogens with zero attached hydrogens (tertiary/aromatic N) is 1. The monoisotopic (exact) mass is 430 g/mol. The van der Waals surface area contributed by atoms with Crippen LogP contribution in [-0.2, 0) is 16.1 Å². The summed E-state index contributed by atoms with van der Waals surface area (Å²) in [5.74, 6) is 0.238. The molecule has 0 aliphatic heterocycles. The zero-order chi connectivity index (χ0) is 22.3. The molecule has 1 N–H and O–H groups in total. The number of benzene rings is 2. The van der Waals surface area contributed by atoms with E-state index in [0.717, 1.165) is 23.1 Å². The average molecular weight is 431 g/mol. The summed E-state index contributed by atoms with van der Waals surface area (Å²) in [6.45, 7) is 9.75. The molecule has 0 saturated heterocycles. The molecule has 2 aromatic carbocycles. The van der Waals surface area contributed by atoms with Gasteiger partial charge in [0.2, 0.25) is 5.91 Å². The van der Waals surface area contributed by atoms with Crippen molar-refractivity contribution in [1.82, 2.24) is 10.2 Å². The predicted molar refractivity (Wildman–Crippen MR) is 121 cm³/mol. The molecule has 2 aromatic rings. The van der Waals surface area contributed by atoms with Crippen molar-refractivity contribution < 1.29 is 14.3 Å². The van der Waals surface area contributed by atoms with Crippen LogP contribution in [0.3, 0.4) is 0 Å². The number of halogens is 1. The summed E-state index contributed by atoms with van der Waals surface area (Å²) in [6, 6.07) is 12.5. The lowest BCUT2D eigenvalue weighted by molar-refractivity contribution is -0.142. The van der Waals surface area contributed by atoms with E-state index in [1.807, 2.05) is 58.0 Å². The van der Waals surface area contributed by atoms with E-state index in [1.165, 1.54) is 0 Å². The van der Waals surface area contributed by atoms with E-state index in [9.17, 15) is 9.59 Å². The van der Waals surface area contributed by atoms with Gasteiger partial charge in [0, 0.05) is 17.6 Å². The minimum atomic E-state index is -0.635. The summed E-state index contributed by atoms with van der Waals surface area (Å²) in [5.41, 5.74) is 2.91. The van der Waals surface area contributed by atoms with Gasteiger partial charge in [-0.25, -0.2) is 0 Å². The Morgan fingerprint density at radius 1 is 1.10 bits per heavy atom. The minimum absolute atomic E-state index is 0.0404. The lowest BCUT2D eigenvalue weighted by Gasteiger charge is -2.29. The molecule has 6 heteroatoms. The van der Waals surface area contributed by atoms with Gasteiger partial charge in [0.05, 0.1) is 0 Å². The Balaban J connectivity index is 2.17. The summed E-state index contributed by atoms with van der Waals surface area (Å²) in [6.07, 6.45) is 0.819. The minimum Gasteiger partial charge on any atom is -0.483 e. The van der Waals surface area contributed by atoms with Gasteiger partial charge >= 0.3 is 0 Å². The molecule has 2 rings (SSSR count). The van der Waals surface area contributed by atoms with Crippen LogP contribution in [-0.4, -0.2) is 35.4 Å². The van der Waals surface area contributed by atoms with Gasteiger partial charge < -0.3 is 15.0 Å². The van der Waals surface area contributed by atoms with E-state index >= 15 is 0 Å². The van der Waals surface area contributed by atoms with Crippen LogP contribution in [0.2, 0.25) is 5.02 Å². The average Bonchev–Trinajstić information content (AvgIpc) is 2.73. The predicted octanol–water partition coefficient (Wildman–Crippen LogP) is 4.67. The van der Waals surface area contributed by atoms with E-state index in [0.29, 0.717) is 17.3 Å². The van der Waals surface area contributed by atoms with E-state index < -0.39 is 6.04 Å². The van der Waals surface area contributed by atoms with Gasteiger partial charge in [-0.3, -0.25) is 9.59 Å². The number of amides is 2. The summed E-state index contributed by atoms with van der Waals surface area (Å²) in [4.78, 5) is 27.3. The normalized spacial score (nSPS) is 12.7. The molecule has 30 heavy (non-hydrogen) atoms. The van der Waals surface area contributed by atoms with Crippen LogP contribution in [0.4, 0.5) is 0 Å². The number of rotatable bonds is 9. The van der Waals surface area contributed by atoms with Crippen LogP contribution in [0.1, 0.15) is 43.9 Å².